The molecule has 0 radical (unpaired) electrons. The second-order valence-electron chi connectivity index (χ2n) is 3.69. The minimum absolute atomic E-state index is 0. The van der Waals surface area contributed by atoms with Crippen molar-refractivity contribution in [3.63, 3.8) is 0 Å². The Balaban J connectivity index is 0.00000180. The standard InChI is InChI=1S/C13H15N3OS.HI/c1-17-12-4-2-3-11(7-12)16-13(14)15-8-10-5-6-18-9-10;/h2-7,9H,8H2,1H3,(H3,14,15,16);1H. The summed E-state index contributed by atoms with van der Waals surface area (Å²) in [5.41, 5.74) is 7.84. The topological polar surface area (TPSA) is 59.6 Å². The van der Waals surface area contributed by atoms with Gasteiger partial charge in [-0.05, 0) is 34.5 Å². The van der Waals surface area contributed by atoms with Gasteiger partial charge in [0, 0.05) is 11.8 Å². The van der Waals surface area contributed by atoms with Gasteiger partial charge in [-0.3, -0.25) is 0 Å². The third-order valence-electron chi connectivity index (χ3n) is 2.35. The van der Waals surface area contributed by atoms with Crippen LogP contribution in [0.2, 0.25) is 0 Å². The van der Waals surface area contributed by atoms with Crippen molar-refractivity contribution >= 4 is 47.0 Å². The number of nitrogens with one attached hydrogen (secondary N) is 1. The van der Waals surface area contributed by atoms with Crippen LogP contribution in [0.5, 0.6) is 5.75 Å². The third-order valence-corrected chi connectivity index (χ3v) is 3.09. The van der Waals surface area contributed by atoms with Crippen LogP contribution in [0, 0.1) is 0 Å². The van der Waals surface area contributed by atoms with E-state index in [9.17, 15) is 0 Å². The predicted molar refractivity (Wildman–Crippen MR) is 91.7 cm³/mol. The van der Waals surface area contributed by atoms with Gasteiger partial charge in [0.05, 0.1) is 13.7 Å². The largest absolute Gasteiger partial charge is 0.497 e. The summed E-state index contributed by atoms with van der Waals surface area (Å²) < 4.78 is 5.14. The molecule has 1 aromatic carbocycles. The summed E-state index contributed by atoms with van der Waals surface area (Å²) in [7, 11) is 1.63. The number of rotatable bonds is 4. The van der Waals surface area contributed by atoms with E-state index in [4.69, 9.17) is 10.5 Å². The van der Waals surface area contributed by atoms with Gasteiger partial charge >= 0.3 is 0 Å². The van der Waals surface area contributed by atoms with Crippen molar-refractivity contribution in [2.24, 2.45) is 10.7 Å². The molecule has 2 aromatic rings. The summed E-state index contributed by atoms with van der Waals surface area (Å²) in [5.74, 6) is 1.18. The lowest BCUT2D eigenvalue weighted by molar-refractivity contribution is 0.415. The predicted octanol–water partition coefficient (Wildman–Crippen LogP) is 3.30. The molecule has 0 aliphatic heterocycles. The molecule has 4 nitrogen and oxygen atoms in total. The first-order valence-electron chi connectivity index (χ1n) is 5.50. The summed E-state index contributed by atoms with van der Waals surface area (Å²) in [5, 5.41) is 7.11. The van der Waals surface area contributed by atoms with Crippen molar-refractivity contribution in [3.8, 4) is 5.75 Å². The van der Waals surface area contributed by atoms with E-state index >= 15 is 0 Å². The lowest BCUT2D eigenvalue weighted by Crippen LogP contribution is -2.22. The molecule has 2 rings (SSSR count). The highest BCUT2D eigenvalue weighted by Crippen LogP contribution is 2.16. The van der Waals surface area contributed by atoms with E-state index in [0.29, 0.717) is 12.5 Å². The molecule has 0 unspecified atom stereocenters. The number of nitrogens with zero attached hydrogens (tertiary/aromatic N) is 1. The van der Waals surface area contributed by atoms with Gasteiger partial charge in [0.15, 0.2) is 5.96 Å². The second-order valence-corrected chi connectivity index (χ2v) is 4.47. The number of aliphatic imine (C=N–C) groups is 1. The number of thiophene rings is 1. The lowest BCUT2D eigenvalue weighted by atomic mass is 10.3. The Morgan fingerprint density at radius 1 is 1.42 bits per heavy atom. The molecule has 0 bridgehead atoms. The summed E-state index contributed by atoms with van der Waals surface area (Å²) in [6, 6.07) is 9.59. The molecular weight excluding hydrogens is 373 g/mol. The van der Waals surface area contributed by atoms with Crippen molar-refractivity contribution in [1.82, 2.24) is 0 Å². The van der Waals surface area contributed by atoms with Gasteiger partial charge in [-0.25, -0.2) is 4.99 Å². The maximum absolute atomic E-state index is 5.82. The smallest absolute Gasteiger partial charge is 0.193 e. The van der Waals surface area contributed by atoms with E-state index in [1.54, 1.807) is 18.4 Å². The van der Waals surface area contributed by atoms with Crippen molar-refractivity contribution in [2.45, 2.75) is 6.54 Å². The first-order chi connectivity index (χ1) is 8.78. The molecule has 0 fully saturated rings. The zero-order chi connectivity index (χ0) is 12.8. The van der Waals surface area contributed by atoms with E-state index in [0.717, 1.165) is 17.0 Å². The average molecular weight is 389 g/mol. The van der Waals surface area contributed by atoms with Gasteiger partial charge in [-0.1, -0.05) is 6.07 Å². The SMILES string of the molecule is COc1cccc(NC(N)=NCc2ccsc2)c1.I. The number of nitrogens with two attached hydrogens (primary N) is 1. The average Bonchev–Trinajstić information content (AvgIpc) is 2.90. The zero-order valence-corrected chi connectivity index (χ0v) is 13.6. The van der Waals surface area contributed by atoms with Gasteiger partial charge in [-0.15, -0.1) is 24.0 Å². The van der Waals surface area contributed by atoms with Crippen LogP contribution in [0.4, 0.5) is 5.69 Å². The molecule has 0 saturated carbocycles. The molecular formula is C13H16IN3OS. The Morgan fingerprint density at radius 3 is 2.95 bits per heavy atom. The van der Waals surface area contributed by atoms with Gasteiger partial charge in [0.25, 0.3) is 0 Å². The molecule has 0 spiro atoms. The number of benzene rings is 1. The molecule has 0 aliphatic carbocycles. The molecule has 19 heavy (non-hydrogen) atoms. The zero-order valence-electron chi connectivity index (χ0n) is 10.5. The number of anilines is 1. The van der Waals surface area contributed by atoms with Gasteiger partial charge in [-0.2, -0.15) is 11.3 Å². The van der Waals surface area contributed by atoms with E-state index in [-0.39, 0.29) is 24.0 Å². The Morgan fingerprint density at radius 2 is 2.26 bits per heavy atom. The van der Waals surface area contributed by atoms with Crippen LogP contribution >= 0.6 is 35.3 Å². The van der Waals surface area contributed by atoms with Crippen molar-refractivity contribution in [2.75, 3.05) is 12.4 Å². The van der Waals surface area contributed by atoms with Crippen molar-refractivity contribution < 1.29 is 4.74 Å². The Labute approximate surface area is 133 Å². The number of hydrogen-bond acceptors (Lipinski definition) is 3. The fourth-order valence-corrected chi connectivity index (χ4v) is 2.11. The minimum Gasteiger partial charge on any atom is -0.497 e. The number of halogens is 1. The fraction of sp³-hybridized carbons (Fsp3) is 0.154. The van der Waals surface area contributed by atoms with Gasteiger partial charge in [0.2, 0.25) is 0 Å². The highest BCUT2D eigenvalue weighted by atomic mass is 127. The van der Waals surface area contributed by atoms with E-state index < -0.39 is 0 Å². The van der Waals surface area contributed by atoms with Crippen LogP contribution in [0.3, 0.4) is 0 Å². The molecule has 1 heterocycles. The maximum atomic E-state index is 5.82. The number of ether oxygens (including phenoxy) is 1. The van der Waals surface area contributed by atoms with Crippen LogP contribution in [-0.4, -0.2) is 13.1 Å². The fourth-order valence-electron chi connectivity index (χ4n) is 1.45. The molecule has 0 saturated heterocycles. The Bertz CT molecular complexity index is 528. The summed E-state index contributed by atoms with van der Waals surface area (Å²) >= 11 is 1.65. The maximum Gasteiger partial charge on any atom is 0.193 e. The third kappa shape index (κ3) is 5.07. The van der Waals surface area contributed by atoms with Crippen LogP contribution in [0.1, 0.15) is 5.56 Å². The molecule has 0 amide bonds. The molecule has 3 N–H and O–H groups in total. The van der Waals surface area contributed by atoms with E-state index in [1.165, 1.54) is 0 Å². The van der Waals surface area contributed by atoms with Gasteiger partial charge < -0.3 is 15.8 Å². The summed E-state index contributed by atoms with van der Waals surface area (Å²) in [6.07, 6.45) is 0. The van der Waals surface area contributed by atoms with E-state index in [2.05, 4.69) is 15.7 Å². The quantitative estimate of drug-likeness (QED) is 0.479. The summed E-state index contributed by atoms with van der Waals surface area (Å²) in [6.45, 7) is 0.590. The van der Waals surface area contributed by atoms with Gasteiger partial charge in [0.1, 0.15) is 5.75 Å². The first-order valence-corrected chi connectivity index (χ1v) is 6.44. The molecule has 6 heteroatoms. The normalized spacial score (nSPS) is 10.7. The number of guanidine groups is 1. The highest BCUT2D eigenvalue weighted by Gasteiger charge is 1.97. The Kier molecular flexibility index (Phi) is 6.65. The first kappa shape index (κ1) is 15.8. The van der Waals surface area contributed by atoms with Crippen molar-refractivity contribution in [1.29, 1.82) is 0 Å². The number of methoxy groups -OCH3 is 1. The van der Waals surface area contributed by atoms with Crippen molar-refractivity contribution in [3.05, 3.63) is 46.7 Å². The minimum atomic E-state index is 0. The molecule has 0 atom stereocenters. The second kappa shape index (κ2) is 8.00. The Hall–Kier alpha value is -1.28. The van der Waals surface area contributed by atoms with Crippen LogP contribution in [0.25, 0.3) is 0 Å². The van der Waals surface area contributed by atoms with Crippen LogP contribution in [-0.2, 0) is 6.54 Å². The molecule has 1 aromatic heterocycles. The lowest BCUT2D eigenvalue weighted by Gasteiger charge is -2.07. The highest BCUT2D eigenvalue weighted by molar-refractivity contribution is 14.0. The monoisotopic (exact) mass is 389 g/mol. The van der Waals surface area contributed by atoms with Crippen LogP contribution < -0.4 is 15.8 Å². The number of hydrogen-bond donors (Lipinski definition) is 2. The summed E-state index contributed by atoms with van der Waals surface area (Å²) in [4.78, 5) is 4.27. The van der Waals surface area contributed by atoms with E-state index in [1.807, 2.05) is 35.7 Å². The molecule has 0 aliphatic rings. The van der Waals surface area contributed by atoms with Crippen LogP contribution in [0.15, 0.2) is 46.1 Å². The molecule has 102 valence electrons.